The summed E-state index contributed by atoms with van der Waals surface area (Å²) in [4.78, 5) is 7.84. The average molecular weight is 237 g/mol. The first-order chi connectivity index (χ1) is 7.56. The van der Waals surface area contributed by atoms with Gasteiger partial charge in [0.15, 0.2) is 5.16 Å². The van der Waals surface area contributed by atoms with Crippen LogP contribution in [0.25, 0.3) is 0 Å². The fraction of sp³-hybridized carbons (Fsp3) is 0.250. The van der Waals surface area contributed by atoms with E-state index in [1.807, 2.05) is 18.5 Å². The lowest BCUT2D eigenvalue weighted by atomic mass is 10.6. The SMILES string of the molecule is Cc1nnc(Sc2cc(N)nc(N)n2)n1C. The van der Waals surface area contributed by atoms with E-state index in [-0.39, 0.29) is 5.95 Å². The van der Waals surface area contributed by atoms with Crippen LogP contribution in [-0.4, -0.2) is 24.7 Å². The summed E-state index contributed by atoms with van der Waals surface area (Å²) >= 11 is 1.34. The largest absolute Gasteiger partial charge is 0.383 e. The van der Waals surface area contributed by atoms with E-state index in [9.17, 15) is 0 Å². The molecule has 2 aromatic rings. The normalized spacial score (nSPS) is 10.6. The van der Waals surface area contributed by atoms with Gasteiger partial charge in [-0.1, -0.05) is 0 Å². The third-order valence-electron chi connectivity index (χ3n) is 1.99. The molecule has 0 aromatic carbocycles. The fourth-order valence-corrected chi connectivity index (χ4v) is 1.94. The summed E-state index contributed by atoms with van der Waals surface area (Å²) in [6, 6.07) is 1.64. The number of hydrogen-bond donors (Lipinski definition) is 2. The average Bonchev–Trinajstić information content (AvgIpc) is 2.48. The second-order valence-corrected chi connectivity index (χ2v) is 4.17. The van der Waals surface area contributed by atoms with Crippen LogP contribution < -0.4 is 11.5 Å². The molecule has 0 aliphatic carbocycles. The Morgan fingerprint density at radius 1 is 1.25 bits per heavy atom. The van der Waals surface area contributed by atoms with E-state index in [1.54, 1.807) is 6.07 Å². The van der Waals surface area contributed by atoms with Crippen molar-refractivity contribution in [2.24, 2.45) is 7.05 Å². The Kier molecular flexibility index (Phi) is 2.65. The maximum absolute atomic E-state index is 5.57. The highest BCUT2D eigenvalue weighted by molar-refractivity contribution is 7.99. The first kappa shape index (κ1) is 10.7. The second-order valence-electron chi connectivity index (χ2n) is 3.18. The molecule has 0 atom stereocenters. The van der Waals surface area contributed by atoms with Gasteiger partial charge in [-0.25, -0.2) is 4.98 Å². The molecule has 4 N–H and O–H groups in total. The van der Waals surface area contributed by atoms with E-state index in [0.717, 1.165) is 11.0 Å². The predicted octanol–water partition coefficient (Wildman–Crippen LogP) is 0.229. The maximum Gasteiger partial charge on any atom is 0.223 e. The third-order valence-corrected chi connectivity index (χ3v) is 2.94. The zero-order chi connectivity index (χ0) is 11.7. The van der Waals surface area contributed by atoms with Crippen molar-refractivity contribution in [3.63, 3.8) is 0 Å². The Hall–Kier alpha value is -1.83. The maximum atomic E-state index is 5.57. The van der Waals surface area contributed by atoms with Crippen LogP contribution in [-0.2, 0) is 7.05 Å². The summed E-state index contributed by atoms with van der Waals surface area (Å²) in [6.45, 7) is 1.87. The van der Waals surface area contributed by atoms with Crippen LogP contribution in [0.1, 0.15) is 5.82 Å². The molecule has 0 aliphatic rings. The van der Waals surface area contributed by atoms with Crippen LogP contribution in [0.2, 0.25) is 0 Å². The summed E-state index contributed by atoms with van der Waals surface area (Å²) in [5.41, 5.74) is 11.1. The molecule has 0 fully saturated rings. The molecule has 0 unspecified atom stereocenters. The van der Waals surface area contributed by atoms with Crippen LogP contribution in [0.3, 0.4) is 0 Å². The van der Waals surface area contributed by atoms with Gasteiger partial charge < -0.3 is 16.0 Å². The highest BCUT2D eigenvalue weighted by atomic mass is 32.2. The number of nitrogen functional groups attached to an aromatic ring is 2. The Labute approximate surface area is 96.3 Å². The Morgan fingerprint density at radius 3 is 2.56 bits per heavy atom. The first-order valence-electron chi connectivity index (χ1n) is 4.50. The fourth-order valence-electron chi connectivity index (χ4n) is 1.08. The highest BCUT2D eigenvalue weighted by Crippen LogP contribution is 2.25. The lowest BCUT2D eigenvalue weighted by molar-refractivity contribution is 0.764. The Bertz CT molecular complexity index is 501. The smallest absolute Gasteiger partial charge is 0.223 e. The minimum Gasteiger partial charge on any atom is -0.383 e. The third kappa shape index (κ3) is 2.06. The van der Waals surface area contributed by atoms with Gasteiger partial charge in [0.05, 0.1) is 0 Å². The molecule has 84 valence electrons. The zero-order valence-corrected chi connectivity index (χ0v) is 9.69. The lowest BCUT2D eigenvalue weighted by Crippen LogP contribution is -2.00. The zero-order valence-electron chi connectivity index (χ0n) is 8.88. The lowest BCUT2D eigenvalue weighted by Gasteiger charge is -2.02. The van der Waals surface area contributed by atoms with Gasteiger partial charge in [-0.2, -0.15) is 4.98 Å². The van der Waals surface area contributed by atoms with E-state index in [4.69, 9.17) is 11.5 Å². The Balaban J connectivity index is 2.30. The molecule has 2 aromatic heterocycles. The van der Waals surface area contributed by atoms with Crippen molar-refractivity contribution < 1.29 is 0 Å². The molecule has 0 saturated heterocycles. The van der Waals surface area contributed by atoms with Gasteiger partial charge in [-0.3, -0.25) is 0 Å². The molecular formula is C8H11N7S. The number of nitrogens with zero attached hydrogens (tertiary/aromatic N) is 5. The first-order valence-corrected chi connectivity index (χ1v) is 5.32. The number of nitrogens with two attached hydrogens (primary N) is 2. The molecule has 2 rings (SSSR count). The van der Waals surface area contributed by atoms with E-state index >= 15 is 0 Å². The van der Waals surface area contributed by atoms with Crippen LogP contribution in [0.15, 0.2) is 16.2 Å². The van der Waals surface area contributed by atoms with Gasteiger partial charge in [0.2, 0.25) is 5.95 Å². The van der Waals surface area contributed by atoms with Crippen molar-refractivity contribution in [2.75, 3.05) is 11.5 Å². The standard InChI is InChI=1S/C8H11N7S/c1-4-13-14-8(15(4)2)16-6-3-5(9)11-7(10)12-6/h3H,1-2H3,(H4,9,10,11,12). The second kappa shape index (κ2) is 3.97. The van der Waals surface area contributed by atoms with E-state index in [2.05, 4.69) is 20.2 Å². The van der Waals surface area contributed by atoms with Gasteiger partial charge in [-0.15, -0.1) is 10.2 Å². The van der Waals surface area contributed by atoms with Crippen LogP contribution in [0, 0.1) is 6.92 Å². The van der Waals surface area contributed by atoms with Crippen molar-refractivity contribution in [3.05, 3.63) is 11.9 Å². The van der Waals surface area contributed by atoms with Crippen molar-refractivity contribution in [2.45, 2.75) is 17.1 Å². The van der Waals surface area contributed by atoms with Gasteiger partial charge in [-0.05, 0) is 18.7 Å². The van der Waals surface area contributed by atoms with E-state index < -0.39 is 0 Å². The summed E-state index contributed by atoms with van der Waals surface area (Å²) in [5, 5.41) is 9.33. The molecular weight excluding hydrogens is 226 g/mol. The Morgan fingerprint density at radius 2 is 2.00 bits per heavy atom. The molecule has 2 heterocycles. The quantitative estimate of drug-likeness (QED) is 0.719. The summed E-state index contributed by atoms with van der Waals surface area (Å²) < 4.78 is 1.86. The van der Waals surface area contributed by atoms with Gasteiger partial charge in [0.1, 0.15) is 16.7 Å². The van der Waals surface area contributed by atoms with E-state index in [1.165, 1.54) is 11.8 Å². The molecule has 0 bridgehead atoms. The predicted molar refractivity (Wildman–Crippen MR) is 60.7 cm³/mol. The number of hydrogen-bond acceptors (Lipinski definition) is 7. The highest BCUT2D eigenvalue weighted by Gasteiger charge is 2.09. The number of aryl methyl sites for hydroxylation is 1. The van der Waals surface area contributed by atoms with Crippen LogP contribution >= 0.6 is 11.8 Å². The topological polar surface area (TPSA) is 109 Å². The summed E-state index contributed by atoms with van der Waals surface area (Å²) in [7, 11) is 1.88. The molecule has 0 spiro atoms. The van der Waals surface area contributed by atoms with E-state index in [0.29, 0.717) is 10.8 Å². The van der Waals surface area contributed by atoms with Crippen molar-refractivity contribution in [1.82, 2.24) is 24.7 Å². The summed E-state index contributed by atoms with van der Waals surface area (Å²) in [5.74, 6) is 1.33. The molecule has 0 saturated carbocycles. The van der Waals surface area contributed by atoms with Crippen molar-refractivity contribution >= 4 is 23.5 Å². The molecule has 16 heavy (non-hydrogen) atoms. The monoisotopic (exact) mass is 237 g/mol. The number of aromatic nitrogens is 5. The number of anilines is 2. The van der Waals surface area contributed by atoms with Gasteiger partial charge in [0.25, 0.3) is 0 Å². The van der Waals surface area contributed by atoms with Gasteiger partial charge >= 0.3 is 0 Å². The minimum atomic E-state index is 0.154. The molecule has 0 amide bonds. The van der Waals surface area contributed by atoms with Crippen LogP contribution in [0.5, 0.6) is 0 Å². The van der Waals surface area contributed by atoms with Crippen molar-refractivity contribution in [1.29, 1.82) is 0 Å². The van der Waals surface area contributed by atoms with Crippen molar-refractivity contribution in [3.8, 4) is 0 Å². The van der Waals surface area contributed by atoms with Crippen LogP contribution in [0.4, 0.5) is 11.8 Å². The minimum absolute atomic E-state index is 0.154. The number of rotatable bonds is 2. The molecule has 0 radical (unpaired) electrons. The van der Waals surface area contributed by atoms with Gasteiger partial charge in [0, 0.05) is 13.1 Å². The molecule has 8 heteroatoms. The molecule has 0 aliphatic heterocycles. The molecule has 7 nitrogen and oxygen atoms in total. The summed E-state index contributed by atoms with van der Waals surface area (Å²) in [6.07, 6.45) is 0.